The molecule has 0 aromatic heterocycles. The predicted octanol–water partition coefficient (Wildman–Crippen LogP) is 18.7. The van der Waals surface area contributed by atoms with Crippen LogP contribution in [0.25, 0.3) is 77.2 Å². The summed E-state index contributed by atoms with van der Waals surface area (Å²) in [5, 5.41) is 4.72. The van der Waals surface area contributed by atoms with Gasteiger partial charge in [0.1, 0.15) is 23.0 Å². The van der Waals surface area contributed by atoms with Gasteiger partial charge in [-0.25, -0.2) is 0 Å². The second kappa shape index (κ2) is 16.0. The average molecular weight is 925 g/mol. The van der Waals surface area contributed by atoms with Crippen molar-refractivity contribution in [2.24, 2.45) is 0 Å². The molecule has 0 saturated carbocycles. The molecule has 2 nitrogen and oxygen atoms in total. The van der Waals surface area contributed by atoms with Crippen LogP contribution in [0.5, 0.6) is 23.0 Å². The van der Waals surface area contributed by atoms with E-state index >= 15 is 0 Å². The van der Waals surface area contributed by atoms with Crippen molar-refractivity contribution in [1.82, 2.24) is 0 Å². The average Bonchev–Trinajstić information content (AvgIpc) is 3.90. The fourth-order valence-electron chi connectivity index (χ4n) is 13.2. The van der Waals surface area contributed by atoms with Gasteiger partial charge in [0.05, 0.1) is 5.41 Å². The summed E-state index contributed by atoms with van der Waals surface area (Å²) in [6.07, 6.45) is 1.72. The van der Waals surface area contributed by atoms with E-state index in [4.69, 9.17) is 9.47 Å². The smallest absolute Gasteiger partial charge is 0.139 e. The number of benzene rings is 11. The first-order valence-electron chi connectivity index (χ1n) is 25.6. The SMILES string of the molecule is CCc1ccccc1Oc1c(CC)cccc1-c1cccc2c(-c3cccc4c3-c3ccccc3C43c4ccccc4-c4ccccc43)c3cccc(-c4cccc5c4Oc4ccccc4C5(C)C)c3cc12. The Hall–Kier alpha value is -8.46. The molecule has 1 spiro atoms. The van der Waals surface area contributed by atoms with Gasteiger partial charge in [-0.15, -0.1) is 0 Å². The molecule has 344 valence electrons. The van der Waals surface area contributed by atoms with E-state index in [0.29, 0.717) is 0 Å². The second-order valence-electron chi connectivity index (χ2n) is 20.3. The summed E-state index contributed by atoms with van der Waals surface area (Å²) < 4.78 is 14.2. The van der Waals surface area contributed by atoms with Crippen LogP contribution in [0.4, 0.5) is 0 Å². The van der Waals surface area contributed by atoms with E-state index in [9.17, 15) is 0 Å². The van der Waals surface area contributed by atoms with Crippen molar-refractivity contribution in [2.45, 2.75) is 51.4 Å². The normalized spacial score (nSPS) is 14.0. The predicted molar refractivity (Wildman–Crippen MR) is 298 cm³/mol. The molecule has 0 radical (unpaired) electrons. The highest BCUT2D eigenvalue weighted by Crippen LogP contribution is 2.65. The minimum atomic E-state index is -0.475. The summed E-state index contributed by atoms with van der Waals surface area (Å²) in [5.41, 5.74) is 21.4. The van der Waals surface area contributed by atoms with Crippen molar-refractivity contribution in [3.05, 3.63) is 263 Å². The Morgan fingerprint density at radius 2 is 0.833 bits per heavy atom. The largest absolute Gasteiger partial charge is 0.456 e. The standard InChI is InChI=1S/C70H52O2/c1-5-43-22-7-15-40-63(43)71-67-44(6-2)23-17-31-51(67)45-27-18-29-49-55(45)42-56-46(52-32-20-39-62-68(52)72-64-41-16-14-37-60(64)69(62,3)4)28-19-30-50(56)65(49)54-33-21-38-61-66(54)53-26-10-13-36-59(53)70(61)57-34-11-8-24-47(57)48-25-9-12-35-58(48)70/h7-42H,5-6H2,1-4H3. The number of rotatable bonds is 7. The summed E-state index contributed by atoms with van der Waals surface area (Å²) in [6.45, 7) is 9.07. The van der Waals surface area contributed by atoms with Gasteiger partial charge in [0.2, 0.25) is 0 Å². The molecule has 2 aliphatic carbocycles. The van der Waals surface area contributed by atoms with Gasteiger partial charge in [0.15, 0.2) is 0 Å². The molecular weight excluding hydrogens is 873 g/mol. The van der Waals surface area contributed by atoms with E-state index in [1.165, 1.54) is 99.4 Å². The number of hydrogen-bond donors (Lipinski definition) is 0. The van der Waals surface area contributed by atoms with Crippen molar-refractivity contribution >= 4 is 21.5 Å². The Morgan fingerprint density at radius 3 is 1.53 bits per heavy atom. The van der Waals surface area contributed by atoms with E-state index in [1.807, 2.05) is 0 Å². The molecule has 11 aromatic carbocycles. The second-order valence-corrected chi connectivity index (χ2v) is 20.3. The summed E-state index contributed by atoms with van der Waals surface area (Å²) in [5.74, 6) is 3.63. The Labute approximate surface area is 421 Å². The van der Waals surface area contributed by atoms with Crippen molar-refractivity contribution in [3.8, 4) is 78.6 Å². The third kappa shape index (κ3) is 5.84. The Kier molecular flexibility index (Phi) is 9.45. The molecule has 0 unspecified atom stereocenters. The maximum Gasteiger partial charge on any atom is 0.139 e. The highest BCUT2D eigenvalue weighted by atomic mass is 16.5. The van der Waals surface area contributed by atoms with E-state index in [2.05, 4.69) is 246 Å². The Morgan fingerprint density at radius 1 is 0.361 bits per heavy atom. The molecule has 0 atom stereocenters. The van der Waals surface area contributed by atoms with Gasteiger partial charge in [0.25, 0.3) is 0 Å². The van der Waals surface area contributed by atoms with Gasteiger partial charge in [-0.1, -0.05) is 228 Å². The molecule has 1 aliphatic heterocycles. The molecule has 3 aliphatic rings. The summed E-state index contributed by atoms with van der Waals surface area (Å²) in [6, 6.07) is 81.1. The molecule has 1 heterocycles. The van der Waals surface area contributed by atoms with Gasteiger partial charge < -0.3 is 9.47 Å². The number of aryl methyl sites for hydroxylation is 2. The van der Waals surface area contributed by atoms with Crippen LogP contribution < -0.4 is 9.47 Å². The van der Waals surface area contributed by atoms with Crippen LogP contribution in [0.2, 0.25) is 0 Å². The molecular formula is C70H52O2. The minimum Gasteiger partial charge on any atom is -0.456 e. The van der Waals surface area contributed by atoms with Crippen LogP contribution in [0.1, 0.15) is 72.2 Å². The lowest BCUT2D eigenvalue weighted by atomic mass is 9.70. The summed E-state index contributed by atoms with van der Waals surface area (Å²) in [4.78, 5) is 0. The van der Waals surface area contributed by atoms with Crippen LogP contribution in [0.15, 0.2) is 218 Å². The van der Waals surface area contributed by atoms with Crippen molar-refractivity contribution in [2.75, 3.05) is 0 Å². The zero-order valence-corrected chi connectivity index (χ0v) is 41.0. The number of fused-ring (bicyclic) bond motifs is 14. The molecule has 0 saturated heterocycles. The van der Waals surface area contributed by atoms with Gasteiger partial charge in [-0.3, -0.25) is 0 Å². The van der Waals surface area contributed by atoms with Crippen LogP contribution in [0, 0.1) is 0 Å². The number of para-hydroxylation sites is 4. The van der Waals surface area contributed by atoms with Gasteiger partial charge >= 0.3 is 0 Å². The fourth-order valence-corrected chi connectivity index (χ4v) is 13.2. The quantitative estimate of drug-likeness (QED) is 0.148. The van der Waals surface area contributed by atoms with Gasteiger partial charge in [0, 0.05) is 27.7 Å². The third-order valence-electron chi connectivity index (χ3n) is 16.4. The van der Waals surface area contributed by atoms with Crippen molar-refractivity contribution in [3.63, 3.8) is 0 Å². The first-order valence-corrected chi connectivity index (χ1v) is 25.6. The maximum atomic E-state index is 7.16. The molecule has 2 heteroatoms. The zero-order chi connectivity index (χ0) is 48.3. The third-order valence-corrected chi connectivity index (χ3v) is 16.4. The Balaban J connectivity index is 1.10. The van der Waals surface area contributed by atoms with E-state index in [-0.39, 0.29) is 5.41 Å². The first-order chi connectivity index (χ1) is 35.4. The van der Waals surface area contributed by atoms with Crippen LogP contribution in [-0.4, -0.2) is 0 Å². The zero-order valence-electron chi connectivity index (χ0n) is 41.0. The summed E-state index contributed by atoms with van der Waals surface area (Å²) >= 11 is 0. The van der Waals surface area contributed by atoms with E-state index < -0.39 is 5.41 Å². The van der Waals surface area contributed by atoms with Crippen molar-refractivity contribution in [1.29, 1.82) is 0 Å². The Bertz CT molecular complexity index is 4010. The molecule has 14 rings (SSSR count). The lowest BCUT2D eigenvalue weighted by Gasteiger charge is -2.35. The van der Waals surface area contributed by atoms with Crippen LogP contribution in [0.3, 0.4) is 0 Å². The molecule has 11 aromatic rings. The van der Waals surface area contributed by atoms with Crippen molar-refractivity contribution < 1.29 is 9.47 Å². The van der Waals surface area contributed by atoms with Crippen LogP contribution in [-0.2, 0) is 23.7 Å². The lowest BCUT2D eigenvalue weighted by Crippen LogP contribution is -2.25. The lowest BCUT2D eigenvalue weighted by molar-refractivity contribution is 0.419. The molecule has 0 fully saturated rings. The minimum absolute atomic E-state index is 0.266. The van der Waals surface area contributed by atoms with E-state index in [0.717, 1.165) is 58.1 Å². The molecule has 0 amide bonds. The van der Waals surface area contributed by atoms with Gasteiger partial charge in [-0.2, -0.15) is 0 Å². The highest BCUT2D eigenvalue weighted by molar-refractivity contribution is 6.21. The number of hydrogen-bond acceptors (Lipinski definition) is 2. The van der Waals surface area contributed by atoms with Gasteiger partial charge in [-0.05, 0) is 130 Å². The maximum absolute atomic E-state index is 7.16. The molecule has 0 N–H and O–H groups in total. The summed E-state index contributed by atoms with van der Waals surface area (Å²) in [7, 11) is 0. The van der Waals surface area contributed by atoms with Crippen LogP contribution >= 0.6 is 0 Å². The topological polar surface area (TPSA) is 18.5 Å². The number of ether oxygens (including phenoxy) is 2. The fraction of sp³-hybridized carbons (Fsp3) is 0.114. The highest BCUT2D eigenvalue weighted by Gasteiger charge is 2.52. The van der Waals surface area contributed by atoms with E-state index in [1.54, 1.807) is 0 Å². The first kappa shape index (κ1) is 42.4. The molecule has 72 heavy (non-hydrogen) atoms. The monoisotopic (exact) mass is 924 g/mol. The molecule has 0 bridgehead atoms.